The summed E-state index contributed by atoms with van der Waals surface area (Å²) in [6.45, 7) is 3.04. The highest BCUT2D eigenvalue weighted by atomic mass is 35.5. The Hall–Kier alpha value is -3.14. The summed E-state index contributed by atoms with van der Waals surface area (Å²) in [6, 6.07) is 16.1. The lowest BCUT2D eigenvalue weighted by Gasteiger charge is -2.30. The second-order valence-electron chi connectivity index (χ2n) is 14.3. The number of benzene rings is 2. The number of aromatic nitrogens is 1. The number of sulfone groups is 1. The van der Waals surface area contributed by atoms with Crippen molar-refractivity contribution >= 4 is 27.3 Å². The van der Waals surface area contributed by atoms with Crippen molar-refractivity contribution in [3.8, 4) is 16.9 Å². The minimum absolute atomic E-state index is 0.0298. The van der Waals surface area contributed by atoms with Gasteiger partial charge in [0.05, 0.1) is 18.5 Å². The van der Waals surface area contributed by atoms with Crippen LogP contribution in [0.1, 0.15) is 75.0 Å². The molecule has 0 radical (unpaired) electrons. The van der Waals surface area contributed by atoms with Crippen LogP contribution >= 0.6 is 11.6 Å². The normalized spacial score (nSPS) is 18.1. The molecular weight excluding hydrogens is 722 g/mol. The predicted octanol–water partition coefficient (Wildman–Crippen LogP) is 3.31. The first-order valence-corrected chi connectivity index (χ1v) is 20.5. The molecule has 290 valence electrons. The van der Waals surface area contributed by atoms with Gasteiger partial charge in [-0.15, -0.1) is 0 Å². The van der Waals surface area contributed by atoms with Gasteiger partial charge in [-0.2, -0.15) is 0 Å². The Morgan fingerprint density at radius 2 is 1.79 bits per heavy atom. The third-order valence-corrected chi connectivity index (χ3v) is 12.4. The zero-order valence-corrected chi connectivity index (χ0v) is 31.8. The summed E-state index contributed by atoms with van der Waals surface area (Å²) in [5.41, 5.74) is 4.98. The summed E-state index contributed by atoms with van der Waals surface area (Å²) in [7, 11) is -3.46. The Morgan fingerprint density at radius 1 is 1.06 bits per heavy atom. The Kier molecular flexibility index (Phi) is 13.9. The Morgan fingerprint density at radius 3 is 2.47 bits per heavy atom. The highest BCUT2D eigenvalue weighted by Gasteiger charge is 2.46. The van der Waals surface area contributed by atoms with Gasteiger partial charge in [-0.1, -0.05) is 55.8 Å². The quantitative estimate of drug-likeness (QED) is 0.0932. The Labute approximate surface area is 316 Å². The monoisotopic (exact) mass is 773 g/mol. The van der Waals surface area contributed by atoms with Crippen LogP contribution < -0.4 is 10.1 Å². The van der Waals surface area contributed by atoms with E-state index in [-0.39, 0.29) is 42.2 Å². The smallest absolute Gasteiger partial charge is 0.254 e. The molecule has 5 unspecified atom stereocenters. The number of ether oxygens (including phenoxy) is 1. The van der Waals surface area contributed by atoms with Gasteiger partial charge in [-0.3, -0.25) is 9.78 Å². The molecule has 14 heteroatoms. The van der Waals surface area contributed by atoms with Crippen LogP contribution in [0.4, 0.5) is 0 Å². The molecule has 2 saturated carbocycles. The fourth-order valence-corrected chi connectivity index (χ4v) is 7.44. The lowest BCUT2D eigenvalue weighted by atomic mass is 9.93. The number of hydrogen-bond acceptors (Lipinski definition) is 11. The van der Waals surface area contributed by atoms with Crippen LogP contribution in [0.3, 0.4) is 0 Å². The van der Waals surface area contributed by atoms with Gasteiger partial charge in [0.15, 0.2) is 15.9 Å². The number of rotatable bonds is 21. The van der Waals surface area contributed by atoms with Crippen LogP contribution in [0.15, 0.2) is 60.9 Å². The SMILES string of the molecule is CCS(=O)(=O)CCN(CCCC(C)c1ccc(Cl)c(CNC2(c3cnccc3-c3ccccc3OC3CC3)CC2)c1)C(=O)C(O)C(O)C(O)C(O)CO. The van der Waals surface area contributed by atoms with E-state index in [1.807, 2.05) is 55.7 Å². The molecule has 0 bridgehead atoms. The first-order valence-electron chi connectivity index (χ1n) is 18.4. The van der Waals surface area contributed by atoms with Gasteiger partial charge in [-0.05, 0) is 84.9 Å². The molecule has 6 N–H and O–H groups in total. The molecule has 2 aliphatic carbocycles. The fraction of sp³-hybridized carbons (Fsp3) is 0.538. The number of carbonyl (C=O) groups is 1. The number of nitrogens with one attached hydrogen (secondary N) is 1. The average molecular weight is 774 g/mol. The molecule has 5 atom stereocenters. The zero-order chi connectivity index (χ0) is 38.3. The minimum Gasteiger partial charge on any atom is -0.490 e. The number of aliphatic hydroxyl groups is 5. The van der Waals surface area contributed by atoms with Crippen molar-refractivity contribution in [2.24, 2.45) is 0 Å². The maximum atomic E-state index is 13.2. The van der Waals surface area contributed by atoms with E-state index >= 15 is 0 Å². The molecule has 2 aliphatic rings. The van der Waals surface area contributed by atoms with Gasteiger partial charge in [-0.25, -0.2) is 8.42 Å². The number of para-hydroxylation sites is 1. The maximum Gasteiger partial charge on any atom is 0.254 e. The highest BCUT2D eigenvalue weighted by molar-refractivity contribution is 7.91. The van der Waals surface area contributed by atoms with Crippen LogP contribution in [-0.2, 0) is 26.7 Å². The summed E-state index contributed by atoms with van der Waals surface area (Å²) in [6.07, 6.45) is 1.13. The van der Waals surface area contributed by atoms with E-state index in [9.17, 15) is 33.6 Å². The first-order chi connectivity index (χ1) is 25.3. The molecule has 1 amide bonds. The van der Waals surface area contributed by atoms with Crippen molar-refractivity contribution in [1.82, 2.24) is 15.2 Å². The summed E-state index contributed by atoms with van der Waals surface area (Å²) in [5, 5.41) is 54.1. The van der Waals surface area contributed by atoms with Crippen LogP contribution in [0.2, 0.25) is 5.02 Å². The lowest BCUT2D eigenvalue weighted by Crippen LogP contribution is -2.53. The van der Waals surface area contributed by atoms with Crippen LogP contribution in [0.25, 0.3) is 11.1 Å². The molecule has 53 heavy (non-hydrogen) atoms. The van der Waals surface area contributed by atoms with Gasteiger partial charge in [0.25, 0.3) is 5.91 Å². The largest absolute Gasteiger partial charge is 0.490 e. The van der Waals surface area contributed by atoms with E-state index in [4.69, 9.17) is 21.4 Å². The highest BCUT2D eigenvalue weighted by Crippen LogP contribution is 2.50. The van der Waals surface area contributed by atoms with Crippen molar-refractivity contribution in [3.05, 3.63) is 82.6 Å². The second-order valence-corrected chi connectivity index (χ2v) is 17.2. The summed E-state index contributed by atoms with van der Waals surface area (Å²) in [4.78, 5) is 18.8. The fourth-order valence-electron chi connectivity index (χ4n) is 6.47. The van der Waals surface area contributed by atoms with E-state index < -0.39 is 46.8 Å². The maximum absolute atomic E-state index is 13.2. The molecule has 1 aromatic heterocycles. The number of carbonyl (C=O) groups excluding carboxylic acids is 1. The molecule has 2 aromatic carbocycles. The molecule has 2 fully saturated rings. The topological polar surface area (TPSA) is 190 Å². The average Bonchev–Trinajstić information content (AvgIpc) is 4.12. The van der Waals surface area contributed by atoms with Gasteiger partial charge in [0.1, 0.15) is 24.1 Å². The number of hydrogen-bond donors (Lipinski definition) is 6. The van der Waals surface area contributed by atoms with Gasteiger partial charge in [0.2, 0.25) is 0 Å². The molecule has 0 saturated heterocycles. The van der Waals surface area contributed by atoms with Gasteiger partial charge < -0.3 is 40.5 Å². The van der Waals surface area contributed by atoms with Crippen LogP contribution in [-0.4, -0.2) is 111 Å². The van der Waals surface area contributed by atoms with E-state index in [0.717, 1.165) is 64.1 Å². The van der Waals surface area contributed by atoms with E-state index in [2.05, 4.69) is 22.4 Å². The van der Waals surface area contributed by atoms with Crippen molar-refractivity contribution in [1.29, 1.82) is 0 Å². The molecular formula is C39H52ClN3O9S. The molecule has 5 rings (SSSR count). The zero-order valence-electron chi connectivity index (χ0n) is 30.3. The number of nitrogens with zero attached hydrogens (tertiary/aromatic N) is 2. The third kappa shape index (κ3) is 10.5. The summed E-state index contributed by atoms with van der Waals surface area (Å²) < 4.78 is 30.8. The van der Waals surface area contributed by atoms with Gasteiger partial charge in [0, 0.05) is 53.9 Å². The second kappa shape index (κ2) is 18.0. The number of aliphatic hydroxyl groups excluding tert-OH is 5. The van der Waals surface area contributed by atoms with E-state index in [1.165, 1.54) is 6.92 Å². The molecule has 0 spiro atoms. The van der Waals surface area contributed by atoms with Crippen molar-refractivity contribution in [2.45, 2.75) is 101 Å². The van der Waals surface area contributed by atoms with Crippen molar-refractivity contribution in [2.75, 3.05) is 31.2 Å². The van der Waals surface area contributed by atoms with E-state index in [0.29, 0.717) is 24.4 Å². The Bertz CT molecular complexity index is 1800. The van der Waals surface area contributed by atoms with Crippen molar-refractivity contribution in [3.63, 3.8) is 0 Å². The summed E-state index contributed by atoms with van der Waals surface area (Å²) >= 11 is 6.72. The van der Waals surface area contributed by atoms with Crippen LogP contribution in [0.5, 0.6) is 5.75 Å². The summed E-state index contributed by atoms with van der Waals surface area (Å²) in [5.74, 6) is -0.536. The molecule has 1 heterocycles. The Balaban J connectivity index is 1.24. The lowest BCUT2D eigenvalue weighted by molar-refractivity contribution is -0.158. The van der Waals surface area contributed by atoms with Crippen LogP contribution in [0, 0.1) is 0 Å². The molecule has 0 aliphatic heterocycles. The number of pyridine rings is 1. The van der Waals surface area contributed by atoms with E-state index in [1.54, 1.807) is 0 Å². The minimum atomic E-state index is -3.46. The molecule has 3 aromatic rings. The number of halogens is 1. The van der Waals surface area contributed by atoms with Gasteiger partial charge >= 0.3 is 0 Å². The standard InChI is InChI=1S/C39H52ClN3O9S/c1-3-53(50,51)20-19-43(38(49)37(48)36(47)35(46)33(45)24-44)18-6-7-25(2)26-10-13-32(40)27(21-26)22-42-39(15-16-39)31-23-41-17-14-29(31)30-8-4-5-9-34(30)52-28-11-12-28/h4-5,8-10,13-14,17,21,23,25,28,33,35-37,42,44-48H,3,6-7,11-12,15-16,18-20,22,24H2,1-2H3. The number of amides is 1. The molecule has 12 nitrogen and oxygen atoms in total. The first kappa shape index (κ1) is 41.0. The third-order valence-electron chi connectivity index (χ3n) is 10.3. The predicted molar refractivity (Wildman–Crippen MR) is 202 cm³/mol. The van der Waals surface area contributed by atoms with Crippen molar-refractivity contribution < 1.29 is 43.5 Å².